The highest BCUT2D eigenvalue weighted by Crippen LogP contribution is 2.57. The molecule has 1 aliphatic carbocycles. The van der Waals surface area contributed by atoms with Crippen LogP contribution in [0.25, 0.3) is 0 Å². The molecule has 0 aliphatic heterocycles. The summed E-state index contributed by atoms with van der Waals surface area (Å²) >= 11 is 10.3. The fourth-order valence-corrected chi connectivity index (χ4v) is 1.46. The first-order valence-corrected chi connectivity index (χ1v) is 6.65. The Morgan fingerprint density at radius 1 is 1.50 bits per heavy atom. The lowest BCUT2D eigenvalue weighted by Gasteiger charge is -2.01. The van der Waals surface area contributed by atoms with Gasteiger partial charge in [0.1, 0.15) is 0 Å². The molecule has 0 spiro atoms. The topological polar surface area (TPSA) is 26.3 Å². The van der Waals surface area contributed by atoms with Crippen LogP contribution in [0, 0.1) is 5.92 Å². The Hall–Kier alpha value is 0.770. The standard InChI is InChI=1S/C5H9Cl2O2P/c6-10(7,8)9-4-3-5-1-2-5/h5H,1-4H2. The van der Waals surface area contributed by atoms with Crippen molar-refractivity contribution >= 4 is 28.6 Å². The smallest absolute Gasteiger partial charge is 0.306 e. The van der Waals surface area contributed by atoms with Crippen molar-refractivity contribution in [2.24, 2.45) is 5.92 Å². The van der Waals surface area contributed by atoms with Crippen LogP contribution < -0.4 is 0 Å². The van der Waals surface area contributed by atoms with Gasteiger partial charge in [-0.25, -0.2) is 0 Å². The van der Waals surface area contributed by atoms with E-state index in [2.05, 4.69) is 4.52 Å². The molecule has 10 heavy (non-hydrogen) atoms. The Balaban J connectivity index is 1.99. The summed E-state index contributed by atoms with van der Waals surface area (Å²) in [5.74, 6) is 0.764. The van der Waals surface area contributed by atoms with Crippen molar-refractivity contribution in [3.63, 3.8) is 0 Å². The van der Waals surface area contributed by atoms with E-state index in [0.717, 1.165) is 12.3 Å². The molecule has 0 bridgehead atoms. The number of rotatable bonds is 4. The summed E-state index contributed by atoms with van der Waals surface area (Å²) in [7, 11) is 0. The Morgan fingerprint density at radius 3 is 2.50 bits per heavy atom. The molecule has 2 nitrogen and oxygen atoms in total. The number of hydrogen-bond acceptors (Lipinski definition) is 2. The minimum atomic E-state index is -3.25. The van der Waals surface area contributed by atoms with Crippen molar-refractivity contribution in [2.45, 2.75) is 19.3 Å². The van der Waals surface area contributed by atoms with E-state index < -0.39 is 6.07 Å². The van der Waals surface area contributed by atoms with E-state index in [9.17, 15) is 4.57 Å². The molecular weight excluding hydrogens is 194 g/mol. The molecule has 0 aromatic heterocycles. The SMILES string of the molecule is O=P(Cl)(Cl)OCCC1CC1. The lowest BCUT2D eigenvalue weighted by Crippen LogP contribution is -1.87. The normalized spacial score (nSPS) is 19.4. The quantitative estimate of drug-likeness (QED) is 0.654. The van der Waals surface area contributed by atoms with Crippen molar-refractivity contribution < 1.29 is 9.09 Å². The molecule has 1 saturated carbocycles. The molecule has 0 saturated heterocycles. The average molecular weight is 203 g/mol. The molecule has 0 heterocycles. The maximum atomic E-state index is 10.5. The molecule has 5 heteroatoms. The summed E-state index contributed by atoms with van der Waals surface area (Å²) in [5.41, 5.74) is 0. The van der Waals surface area contributed by atoms with Gasteiger partial charge in [0.25, 0.3) is 0 Å². The predicted molar refractivity (Wildman–Crippen MR) is 42.6 cm³/mol. The summed E-state index contributed by atoms with van der Waals surface area (Å²) in [4.78, 5) is 0. The highest BCUT2D eigenvalue weighted by Gasteiger charge is 2.22. The molecule has 1 fully saturated rings. The molecule has 0 aromatic carbocycles. The maximum Gasteiger partial charge on any atom is 0.380 e. The fourth-order valence-electron chi connectivity index (χ4n) is 0.732. The zero-order valence-electron chi connectivity index (χ0n) is 5.43. The van der Waals surface area contributed by atoms with Crippen LogP contribution in [0.5, 0.6) is 0 Å². The third kappa shape index (κ3) is 4.56. The first-order chi connectivity index (χ1) is 4.58. The van der Waals surface area contributed by atoms with Gasteiger partial charge < -0.3 is 4.52 Å². The van der Waals surface area contributed by atoms with Gasteiger partial charge in [-0.15, -0.1) is 0 Å². The van der Waals surface area contributed by atoms with Crippen LogP contribution in [0.3, 0.4) is 0 Å². The van der Waals surface area contributed by atoms with E-state index in [4.69, 9.17) is 22.5 Å². The van der Waals surface area contributed by atoms with Gasteiger partial charge >= 0.3 is 6.07 Å². The second-order valence-electron chi connectivity index (χ2n) is 2.48. The molecule has 0 unspecified atom stereocenters. The van der Waals surface area contributed by atoms with Crippen LogP contribution in [-0.2, 0) is 9.09 Å². The first-order valence-electron chi connectivity index (χ1n) is 3.22. The van der Waals surface area contributed by atoms with Crippen LogP contribution in [0.15, 0.2) is 0 Å². The third-order valence-electron chi connectivity index (χ3n) is 1.46. The molecule has 1 aliphatic rings. The van der Waals surface area contributed by atoms with E-state index in [0.29, 0.717) is 6.61 Å². The van der Waals surface area contributed by atoms with Crippen molar-refractivity contribution in [3.8, 4) is 0 Å². The monoisotopic (exact) mass is 202 g/mol. The zero-order chi connectivity index (χ0) is 7.61. The van der Waals surface area contributed by atoms with Gasteiger partial charge in [-0.05, 0) is 34.8 Å². The highest BCUT2D eigenvalue weighted by atomic mass is 35.9. The van der Waals surface area contributed by atoms with Crippen LogP contribution in [-0.4, -0.2) is 6.61 Å². The van der Waals surface area contributed by atoms with Crippen LogP contribution >= 0.6 is 28.6 Å². The molecule has 1 rings (SSSR count). The fraction of sp³-hybridized carbons (Fsp3) is 1.00. The minimum Gasteiger partial charge on any atom is -0.306 e. The molecule has 0 atom stereocenters. The van der Waals surface area contributed by atoms with Gasteiger partial charge in [0, 0.05) is 0 Å². The Kier molecular flexibility index (Phi) is 3.05. The van der Waals surface area contributed by atoms with Gasteiger partial charge in [-0.1, -0.05) is 12.8 Å². The second kappa shape index (κ2) is 3.44. The Morgan fingerprint density at radius 2 is 2.10 bits per heavy atom. The Labute approximate surface area is 69.9 Å². The van der Waals surface area contributed by atoms with Crippen molar-refractivity contribution in [1.82, 2.24) is 0 Å². The van der Waals surface area contributed by atoms with Crippen LogP contribution in [0.4, 0.5) is 0 Å². The molecule has 0 amide bonds. The van der Waals surface area contributed by atoms with E-state index in [1.54, 1.807) is 0 Å². The number of halogens is 2. The van der Waals surface area contributed by atoms with Gasteiger partial charge in [0.2, 0.25) is 0 Å². The third-order valence-corrected chi connectivity index (χ3v) is 2.53. The first kappa shape index (κ1) is 8.86. The van der Waals surface area contributed by atoms with Gasteiger partial charge in [-0.3, -0.25) is 4.57 Å². The van der Waals surface area contributed by atoms with Crippen molar-refractivity contribution in [3.05, 3.63) is 0 Å². The highest BCUT2D eigenvalue weighted by molar-refractivity contribution is 8.05. The molecule has 0 N–H and O–H groups in total. The molecular formula is C5H9Cl2O2P. The summed E-state index contributed by atoms with van der Waals surface area (Å²) in [5, 5.41) is 0. The summed E-state index contributed by atoms with van der Waals surface area (Å²) in [6.07, 6.45) is 0.209. The largest absolute Gasteiger partial charge is 0.380 e. The second-order valence-corrected chi connectivity index (χ2v) is 6.76. The summed E-state index contributed by atoms with van der Waals surface area (Å²) in [6, 6.07) is 0. The lowest BCUT2D eigenvalue weighted by atomic mass is 10.3. The van der Waals surface area contributed by atoms with Crippen LogP contribution in [0.1, 0.15) is 19.3 Å². The van der Waals surface area contributed by atoms with E-state index in [1.165, 1.54) is 12.8 Å². The lowest BCUT2D eigenvalue weighted by molar-refractivity contribution is 0.318. The number of hydrogen-bond donors (Lipinski definition) is 0. The minimum absolute atomic E-state index is 0.426. The van der Waals surface area contributed by atoms with Crippen LogP contribution in [0.2, 0.25) is 0 Å². The van der Waals surface area contributed by atoms with E-state index >= 15 is 0 Å². The van der Waals surface area contributed by atoms with Gasteiger partial charge in [0.15, 0.2) is 0 Å². The summed E-state index contributed by atoms with van der Waals surface area (Å²) < 4.78 is 15.2. The van der Waals surface area contributed by atoms with E-state index in [-0.39, 0.29) is 0 Å². The van der Waals surface area contributed by atoms with E-state index in [1.807, 2.05) is 0 Å². The molecule has 0 aromatic rings. The van der Waals surface area contributed by atoms with Gasteiger partial charge in [0.05, 0.1) is 6.61 Å². The molecule has 60 valence electrons. The zero-order valence-corrected chi connectivity index (χ0v) is 7.83. The molecule has 0 radical (unpaired) electrons. The average Bonchev–Trinajstić information content (AvgIpc) is 2.45. The Bertz CT molecular complexity index is 152. The van der Waals surface area contributed by atoms with Crippen molar-refractivity contribution in [2.75, 3.05) is 6.61 Å². The summed E-state index contributed by atoms with van der Waals surface area (Å²) in [6.45, 7) is 0.426. The maximum absolute atomic E-state index is 10.5. The van der Waals surface area contributed by atoms with Crippen molar-refractivity contribution in [1.29, 1.82) is 0 Å². The van der Waals surface area contributed by atoms with Gasteiger partial charge in [-0.2, -0.15) is 0 Å². The predicted octanol–water partition coefficient (Wildman–Crippen LogP) is 3.39.